The molecule has 56 heavy (non-hydrogen) atoms. The summed E-state index contributed by atoms with van der Waals surface area (Å²) in [5.74, 6) is 2.28. The quantitative estimate of drug-likeness (QED) is 0.170. The van der Waals surface area contributed by atoms with Gasteiger partial charge in [-0.15, -0.1) is 11.3 Å². The molecule has 11 aromatic rings. The first kappa shape index (κ1) is 32.1. The molecule has 0 N–H and O–H groups in total. The van der Waals surface area contributed by atoms with Gasteiger partial charge in [-0.1, -0.05) is 146 Å². The van der Waals surface area contributed by atoms with E-state index in [0.29, 0.717) is 29.0 Å². The van der Waals surface area contributed by atoms with Crippen LogP contribution in [-0.2, 0) is 0 Å². The molecule has 0 radical (unpaired) electrons. The van der Waals surface area contributed by atoms with E-state index in [4.69, 9.17) is 24.9 Å². The van der Waals surface area contributed by atoms with Crippen LogP contribution in [0.3, 0.4) is 0 Å². The van der Waals surface area contributed by atoms with Gasteiger partial charge in [0.25, 0.3) is 0 Å². The van der Waals surface area contributed by atoms with Crippen LogP contribution < -0.4 is 0 Å². The smallest absolute Gasteiger partial charge is 0.184 e. The highest BCUT2D eigenvalue weighted by atomic mass is 32.1. The van der Waals surface area contributed by atoms with Gasteiger partial charge in [-0.05, 0) is 47.5 Å². The van der Waals surface area contributed by atoms with Gasteiger partial charge in [0.05, 0.1) is 21.3 Å². The predicted molar refractivity (Wildman–Crippen MR) is 230 cm³/mol. The topological polar surface area (TPSA) is 69.4 Å². The minimum absolute atomic E-state index is 0.498. The second-order valence-corrected chi connectivity index (χ2v) is 14.7. The first-order valence-corrected chi connectivity index (χ1v) is 19.3. The normalized spacial score (nSPS) is 11.6. The van der Waals surface area contributed by atoms with Crippen molar-refractivity contribution in [3.8, 4) is 62.5 Å². The average molecular weight is 735 g/mol. The Labute approximate surface area is 326 Å². The van der Waals surface area contributed by atoms with E-state index in [0.717, 1.165) is 75.6 Å². The maximum atomic E-state index is 5.45. The molecular weight excluding hydrogens is 705 g/mol. The fraction of sp³-hybridized carbons (Fsp3) is 0. The molecule has 0 saturated heterocycles. The van der Waals surface area contributed by atoms with E-state index < -0.39 is 0 Å². The predicted octanol–water partition coefficient (Wildman–Crippen LogP) is 12.5. The zero-order valence-corrected chi connectivity index (χ0v) is 30.7. The molecule has 11 rings (SSSR count). The van der Waals surface area contributed by atoms with Crippen LogP contribution >= 0.6 is 11.3 Å². The summed E-state index contributed by atoms with van der Waals surface area (Å²) in [4.78, 5) is 26.3. The van der Waals surface area contributed by atoms with Crippen LogP contribution in [0, 0.1) is 0 Å². The number of aromatic nitrogens is 6. The highest BCUT2D eigenvalue weighted by Gasteiger charge is 2.23. The van der Waals surface area contributed by atoms with E-state index in [9.17, 15) is 0 Å². The number of hydrogen-bond acceptors (Lipinski definition) is 6. The van der Waals surface area contributed by atoms with E-state index in [1.807, 2.05) is 42.5 Å². The van der Waals surface area contributed by atoms with Crippen molar-refractivity contribution in [2.24, 2.45) is 0 Å². The van der Waals surface area contributed by atoms with Crippen LogP contribution in [0.15, 0.2) is 182 Å². The Morgan fingerprint density at radius 3 is 1.79 bits per heavy atom. The van der Waals surface area contributed by atoms with Crippen LogP contribution in [0.25, 0.3) is 105 Å². The molecular formula is C49H30N6S. The molecule has 0 bridgehead atoms. The van der Waals surface area contributed by atoms with Gasteiger partial charge in [0.15, 0.2) is 23.3 Å². The van der Waals surface area contributed by atoms with Gasteiger partial charge < -0.3 is 4.57 Å². The Hall–Kier alpha value is -7.35. The van der Waals surface area contributed by atoms with Gasteiger partial charge in [0.2, 0.25) is 0 Å². The first-order chi connectivity index (χ1) is 27.8. The van der Waals surface area contributed by atoms with Crippen molar-refractivity contribution in [2.75, 3.05) is 0 Å². The van der Waals surface area contributed by atoms with E-state index in [-0.39, 0.29) is 0 Å². The van der Waals surface area contributed by atoms with E-state index in [2.05, 4.69) is 144 Å². The number of thiophene rings is 1. The Kier molecular flexibility index (Phi) is 7.57. The van der Waals surface area contributed by atoms with Crippen molar-refractivity contribution in [1.29, 1.82) is 0 Å². The third-order valence-corrected chi connectivity index (χ3v) is 11.4. The minimum Gasteiger partial charge on any atom is -0.309 e. The third-order valence-electron chi connectivity index (χ3n) is 10.3. The van der Waals surface area contributed by atoms with Crippen LogP contribution in [0.2, 0.25) is 0 Å². The molecule has 262 valence electrons. The second-order valence-electron chi connectivity index (χ2n) is 13.7. The van der Waals surface area contributed by atoms with Crippen LogP contribution in [0.5, 0.6) is 0 Å². The van der Waals surface area contributed by atoms with Crippen molar-refractivity contribution in [3.05, 3.63) is 182 Å². The van der Waals surface area contributed by atoms with Gasteiger partial charge in [-0.2, -0.15) is 0 Å². The average Bonchev–Trinajstić information content (AvgIpc) is 3.83. The molecule has 4 heterocycles. The molecule has 0 aliphatic carbocycles. The fourth-order valence-corrected chi connectivity index (χ4v) is 8.85. The lowest BCUT2D eigenvalue weighted by Crippen LogP contribution is -2.03. The molecule has 6 nitrogen and oxygen atoms in total. The largest absolute Gasteiger partial charge is 0.309 e. The Bertz CT molecular complexity index is 3250. The fourth-order valence-electron chi connectivity index (χ4n) is 7.72. The number of fused-ring (bicyclic) bond motifs is 6. The minimum atomic E-state index is 0.498. The van der Waals surface area contributed by atoms with Crippen molar-refractivity contribution in [3.63, 3.8) is 0 Å². The summed E-state index contributed by atoms with van der Waals surface area (Å²) in [5, 5.41) is 3.30. The maximum Gasteiger partial charge on any atom is 0.184 e. The lowest BCUT2D eigenvalue weighted by molar-refractivity contribution is 1.06. The second kappa shape index (κ2) is 13.2. The molecule has 0 spiro atoms. The van der Waals surface area contributed by atoms with Crippen LogP contribution in [0.4, 0.5) is 0 Å². The summed E-state index contributed by atoms with van der Waals surface area (Å²) in [5.41, 5.74) is 9.81. The summed E-state index contributed by atoms with van der Waals surface area (Å²) in [6.07, 6.45) is 0. The zero-order valence-electron chi connectivity index (χ0n) is 29.9. The van der Waals surface area contributed by atoms with Crippen LogP contribution in [0.1, 0.15) is 0 Å². The van der Waals surface area contributed by atoms with Crippen LogP contribution in [-0.4, -0.2) is 29.5 Å². The van der Waals surface area contributed by atoms with Gasteiger partial charge in [-0.3, -0.25) is 0 Å². The van der Waals surface area contributed by atoms with Crippen molar-refractivity contribution in [2.45, 2.75) is 0 Å². The summed E-state index contributed by atoms with van der Waals surface area (Å²) >= 11 is 1.67. The monoisotopic (exact) mass is 734 g/mol. The number of nitrogens with zero attached hydrogens (tertiary/aromatic N) is 6. The number of para-hydroxylation sites is 2. The van der Waals surface area contributed by atoms with Crippen molar-refractivity contribution in [1.82, 2.24) is 29.5 Å². The molecule has 0 amide bonds. The molecule has 0 aliphatic rings. The molecule has 7 aromatic carbocycles. The molecule has 0 fully saturated rings. The molecule has 0 unspecified atom stereocenters. The molecule has 0 saturated carbocycles. The van der Waals surface area contributed by atoms with E-state index >= 15 is 0 Å². The molecule has 7 heteroatoms. The molecule has 0 atom stereocenters. The first-order valence-electron chi connectivity index (χ1n) is 18.5. The van der Waals surface area contributed by atoms with E-state index in [1.54, 1.807) is 11.3 Å². The third kappa shape index (κ3) is 5.36. The summed E-state index contributed by atoms with van der Waals surface area (Å²) < 4.78 is 4.38. The number of benzene rings is 7. The van der Waals surface area contributed by atoms with E-state index in [1.165, 1.54) is 0 Å². The van der Waals surface area contributed by atoms with Gasteiger partial charge in [-0.25, -0.2) is 24.9 Å². The summed E-state index contributed by atoms with van der Waals surface area (Å²) in [6.45, 7) is 0. The Balaban J connectivity index is 1.19. The Morgan fingerprint density at radius 1 is 0.393 bits per heavy atom. The number of hydrogen-bond donors (Lipinski definition) is 0. The standard InChI is InChI=1S/C49H30N6S/c1-4-16-31(17-5-1)33-20-14-21-34(30-33)47-52-46(32-18-6-2-7-19-32)53-49(54-47)44-45-43(37-25-11-13-29-41(37)56-45)50-48(51-44)38-26-15-28-40-42(38)36-24-10-12-27-39(36)55(40)35-22-8-3-9-23-35/h1-30H. The SMILES string of the molecule is c1ccc(-c2cccc(-c3nc(-c4ccccc4)nc(-c4nc(-c5cccc6c5c5ccccc5n6-c5ccccc5)nc5c4sc4ccccc45)n3)c2)cc1. The van der Waals surface area contributed by atoms with Gasteiger partial charge >= 0.3 is 0 Å². The lowest BCUT2D eigenvalue weighted by Gasteiger charge is -2.11. The Morgan fingerprint density at radius 2 is 0.982 bits per heavy atom. The summed E-state index contributed by atoms with van der Waals surface area (Å²) in [6, 6.07) is 62.7. The summed E-state index contributed by atoms with van der Waals surface area (Å²) in [7, 11) is 0. The molecule has 0 aliphatic heterocycles. The van der Waals surface area contributed by atoms with Crippen molar-refractivity contribution >= 4 is 53.4 Å². The highest BCUT2D eigenvalue weighted by Crippen LogP contribution is 2.42. The maximum absolute atomic E-state index is 5.45. The lowest BCUT2D eigenvalue weighted by atomic mass is 10.0. The van der Waals surface area contributed by atoms with Crippen molar-refractivity contribution < 1.29 is 0 Å². The van der Waals surface area contributed by atoms with Gasteiger partial charge in [0.1, 0.15) is 5.69 Å². The molecule has 4 aromatic heterocycles. The number of rotatable bonds is 6. The van der Waals surface area contributed by atoms with Gasteiger partial charge in [0, 0.05) is 43.2 Å². The zero-order chi connectivity index (χ0) is 37.0. The highest BCUT2D eigenvalue weighted by molar-refractivity contribution is 7.26.